The van der Waals surface area contributed by atoms with E-state index in [1.54, 1.807) is 49.0 Å². The predicted molar refractivity (Wildman–Crippen MR) is 136 cm³/mol. The molecule has 0 aliphatic rings. The Morgan fingerprint density at radius 1 is 1.06 bits per heavy atom. The zero-order valence-electron chi connectivity index (χ0n) is 19.4. The van der Waals surface area contributed by atoms with E-state index in [0.717, 1.165) is 27.7 Å². The number of rotatable bonds is 3. The van der Waals surface area contributed by atoms with Gasteiger partial charge in [0.05, 0.1) is 16.9 Å². The number of halogens is 1. The Labute approximate surface area is 196 Å². The molecule has 4 aromatic rings. The molecule has 2 heterocycles. The summed E-state index contributed by atoms with van der Waals surface area (Å²) in [4.78, 5) is 26.1. The normalized spacial score (nSPS) is 12.4. The average Bonchev–Trinajstić information content (AvgIpc) is 2.78. The molecule has 0 saturated heterocycles. The lowest BCUT2D eigenvalue weighted by atomic mass is 9.99. The molecule has 0 atom stereocenters. The summed E-state index contributed by atoms with van der Waals surface area (Å²) in [6.45, 7) is 5.46. The molecule has 34 heavy (non-hydrogen) atoms. The molecule has 0 amide bonds. The molecule has 8 heteroatoms. The number of hydrogen-bond acceptors (Lipinski definition) is 4. The Hall–Kier alpha value is -4.33. The zero-order valence-corrected chi connectivity index (χ0v) is 19.4. The van der Waals surface area contributed by atoms with Gasteiger partial charge >= 0.3 is 0 Å². The highest BCUT2D eigenvalue weighted by atomic mass is 19.1. The number of aromatic nitrogens is 2. The first kappa shape index (κ1) is 22.8. The lowest BCUT2D eigenvalue weighted by Crippen LogP contribution is -2.19. The molecule has 0 saturated carbocycles. The highest BCUT2D eigenvalue weighted by Crippen LogP contribution is 2.28. The molecule has 172 valence electrons. The number of benzene rings is 2. The maximum absolute atomic E-state index is 14.2. The molecule has 0 fully saturated rings. The molecule has 0 radical (unpaired) electrons. The molecule has 0 aliphatic heterocycles. The number of pyridine rings is 2. The summed E-state index contributed by atoms with van der Waals surface area (Å²) in [5.74, 6) is -0.516. The van der Waals surface area contributed by atoms with Crippen LogP contribution in [0.15, 0.2) is 69.5 Å². The lowest BCUT2D eigenvalue weighted by Gasteiger charge is -2.12. The van der Waals surface area contributed by atoms with E-state index in [-0.39, 0.29) is 11.5 Å². The molecule has 0 spiro atoms. The number of aliphatic imine (C=N–C) groups is 2. The van der Waals surface area contributed by atoms with Crippen LogP contribution < -0.4 is 17.0 Å². The monoisotopic (exact) mass is 456 g/mol. The Bertz CT molecular complexity index is 1550. The van der Waals surface area contributed by atoms with E-state index in [1.165, 1.54) is 6.07 Å². The molecular formula is C26H25FN6O. The highest BCUT2D eigenvalue weighted by Gasteiger charge is 2.13. The first-order valence-corrected chi connectivity index (χ1v) is 10.7. The number of hydrogen-bond donors (Lipinski definition) is 2. The van der Waals surface area contributed by atoms with Crippen molar-refractivity contribution in [1.29, 1.82) is 0 Å². The van der Waals surface area contributed by atoms with Gasteiger partial charge in [-0.1, -0.05) is 6.07 Å². The van der Waals surface area contributed by atoms with Crippen LogP contribution in [-0.2, 0) is 7.05 Å². The van der Waals surface area contributed by atoms with Crippen molar-refractivity contribution in [2.45, 2.75) is 20.8 Å². The minimum atomic E-state index is -0.483. The fourth-order valence-corrected chi connectivity index (χ4v) is 3.84. The van der Waals surface area contributed by atoms with Crippen LogP contribution in [0.5, 0.6) is 0 Å². The third-order valence-electron chi connectivity index (χ3n) is 5.67. The molecule has 0 bridgehead atoms. The average molecular weight is 457 g/mol. The van der Waals surface area contributed by atoms with E-state index in [4.69, 9.17) is 11.5 Å². The van der Waals surface area contributed by atoms with Gasteiger partial charge in [-0.3, -0.25) is 9.78 Å². The summed E-state index contributed by atoms with van der Waals surface area (Å²) < 4.78 is 15.8. The van der Waals surface area contributed by atoms with Gasteiger partial charge in [-0.05, 0) is 74.4 Å². The molecule has 7 nitrogen and oxygen atoms in total. The van der Waals surface area contributed by atoms with Gasteiger partial charge in [0.15, 0.2) is 0 Å². The van der Waals surface area contributed by atoms with Gasteiger partial charge in [0.1, 0.15) is 5.82 Å². The molecule has 0 unspecified atom stereocenters. The Morgan fingerprint density at radius 3 is 2.56 bits per heavy atom. The van der Waals surface area contributed by atoms with Crippen molar-refractivity contribution < 1.29 is 4.39 Å². The van der Waals surface area contributed by atoms with E-state index in [0.29, 0.717) is 28.2 Å². The maximum Gasteiger partial charge on any atom is 0.258 e. The largest absolute Gasteiger partial charge is 0.399 e. The van der Waals surface area contributed by atoms with Crippen molar-refractivity contribution in [3.63, 3.8) is 0 Å². The number of nitrogens with two attached hydrogens (primary N) is 2. The number of fused-ring (bicyclic) bond motifs is 1. The van der Waals surface area contributed by atoms with Crippen molar-refractivity contribution in [3.05, 3.63) is 87.7 Å². The summed E-state index contributed by atoms with van der Waals surface area (Å²) >= 11 is 0. The topological polar surface area (TPSA) is 112 Å². The van der Waals surface area contributed by atoms with Gasteiger partial charge < -0.3 is 16.0 Å². The van der Waals surface area contributed by atoms with E-state index in [1.807, 2.05) is 32.0 Å². The van der Waals surface area contributed by atoms with Crippen LogP contribution in [0.1, 0.15) is 23.7 Å². The zero-order chi connectivity index (χ0) is 24.6. The van der Waals surface area contributed by atoms with Gasteiger partial charge in [-0.15, -0.1) is 0 Å². The summed E-state index contributed by atoms with van der Waals surface area (Å²) in [5, 5.41) is 0.862. The SMILES string of the molecule is CC(=NC(N)=Nc1ccc(C)c(-c2cc3cnc(C)cc3n(C)c2=O)c1)c1ccc(N)cc1F. The fourth-order valence-electron chi connectivity index (χ4n) is 3.84. The second kappa shape index (κ2) is 8.90. The summed E-state index contributed by atoms with van der Waals surface area (Å²) in [6.07, 6.45) is 1.76. The van der Waals surface area contributed by atoms with Crippen molar-refractivity contribution in [1.82, 2.24) is 9.55 Å². The minimum Gasteiger partial charge on any atom is -0.399 e. The summed E-state index contributed by atoms with van der Waals surface area (Å²) in [7, 11) is 1.75. The van der Waals surface area contributed by atoms with Crippen LogP contribution in [0.25, 0.3) is 22.0 Å². The van der Waals surface area contributed by atoms with E-state index in [9.17, 15) is 9.18 Å². The van der Waals surface area contributed by atoms with E-state index < -0.39 is 5.82 Å². The standard InChI is InChI=1S/C26H25FN6O/c1-14-5-7-19(32-26(29)31-16(3)20-8-6-18(28)11-23(20)27)12-21(14)22-10-17-13-30-15(2)9-24(17)33(4)25(22)34/h5-13H,28H2,1-4H3,(H2,29,32). The van der Waals surface area contributed by atoms with Crippen molar-refractivity contribution in [3.8, 4) is 11.1 Å². The molecular weight excluding hydrogens is 431 g/mol. The first-order valence-electron chi connectivity index (χ1n) is 10.7. The molecule has 2 aromatic carbocycles. The molecule has 4 N–H and O–H groups in total. The van der Waals surface area contributed by atoms with Gasteiger partial charge in [0.2, 0.25) is 5.96 Å². The van der Waals surface area contributed by atoms with Crippen molar-refractivity contribution in [2.24, 2.45) is 22.8 Å². The van der Waals surface area contributed by atoms with Crippen LogP contribution in [0.4, 0.5) is 15.8 Å². The maximum atomic E-state index is 14.2. The summed E-state index contributed by atoms with van der Waals surface area (Å²) in [5.41, 5.74) is 16.9. The predicted octanol–water partition coefficient (Wildman–Crippen LogP) is 4.39. The third kappa shape index (κ3) is 4.43. The summed E-state index contributed by atoms with van der Waals surface area (Å²) in [6, 6.07) is 13.6. The number of anilines is 1. The smallest absolute Gasteiger partial charge is 0.258 e. The first-order chi connectivity index (χ1) is 16.1. The van der Waals surface area contributed by atoms with Crippen LogP contribution in [-0.4, -0.2) is 21.2 Å². The van der Waals surface area contributed by atoms with Gasteiger partial charge in [0.25, 0.3) is 5.56 Å². The highest BCUT2D eigenvalue weighted by molar-refractivity contribution is 6.06. The fraction of sp³-hybridized carbons (Fsp3) is 0.154. The lowest BCUT2D eigenvalue weighted by molar-refractivity contribution is 0.626. The Balaban J connectivity index is 1.76. The van der Waals surface area contributed by atoms with Crippen LogP contribution in [0.3, 0.4) is 0 Å². The molecule has 4 rings (SSSR count). The second-order valence-electron chi connectivity index (χ2n) is 8.21. The van der Waals surface area contributed by atoms with Crippen LogP contribution in [0.2, 0.25) is 0 Å². The van der Waals surface area contributed by atoms with Gasteiger partial charge in [0, 0.05) is 41.1 Å². The molecule has 2 aromatic heterocycles. The van der Waals surface area contributed by atoms with Gasteiger partial charge in [-0.2, -0.15) is 0 Å². The van der Waals surface area contributed by atoms with Crippen molar-refractivity contribution >= 4 is 33.9 Å². The van der Waals surface area contributed by atoms with Crippen LogP contribution in [0, 0.1) is 19.7 Å². The molecule has 0 aliphatic carbocycles. The van der Waals surface area contributed by atoms with E-state index >= 15 is 0 Å². The Kier molecular flexibility index (Phi) is 5.98. The van der Waals surface area contributed by atoms with Gasteiger partial charge in [-0.25, -0.2) is 14.4 Å². The quantitative estimate of drug-likeness (QED) is 0.270. The minimum absolute atomic E-state index is 0.0328. The van der Waals surface area contributed by atoms with E-state index in [2.05, 4.69) is 15.0 Å². The van der Waals surface area contributed by atoms with Crippen LogP contribution >= 0.6 is 0 Å². The second-order valence-corrected chi connectivity index (χ2v) is 8.21. The third-order valence-corrected chi connectivity index (χ3v) is 5.67. The number of nitrogens with zero attached hydrogens (tertiary/aromatic N) is 4. The number of nitrogen functional groups attached to an aromatic ring is 1. The number of aryl methyl sites for hydroxylation is 3. The Morgan fingerprint density at radius 2 is 1.82 bits per heavy atom. The van der Waals surface area contributed by atoms with Crippen molar-refractivity contribution in [2.75, 3.05) is 5.73 Å². The number of guanidine groups is 1.